The first-order valence-corrected chi connectivity index (χ1v) is 11.5. The first-order valence-electron chi connectivity index (χ1n) is 11.5. The molecule has 38 heavy (non-hydrogen) atoms. The second kappa shape index (κ2) is 10.1. The van der Waals surface area contributed by atoms with Gasteiger partial charge in [0.2, 0.25) is 0 Å². The minimum Gasteiger partial charge on any atom is -0.494 e. The summed E-state index contributed by atoms with van der Waals surface area (Å²) < 4.78 is 18.7. The van der Waals surface area contributed by atoms with E-state index in [-0.39, 0.29) is 36.0 Å². The van der Waals surface area contributed by atoms with Crippen LogP contribution in [0.4, 0.5) is 26.4 Å². The number of carboxylic acid groups (broad SMARTS) is 1. The number of nitrogens with zero attached hydrogens (tertiary/aromatic N) is 2. The van der Waals surface area contributed by atoms with Crippen LogP contribution in [0.3, 0.4) is 0 Å². The van der Waals surface area contributed by atoms with Gasteiger partial charge in [-0.05, 0) is 42.5 Å². The van der Waals surface area contributed by atoms with Gasteiger partial charge in [-0.2, -0.15) is 0 Å². The molecular weight excluding hydrogens is 493 g/mol. The summed E-state index contributed by atoms with van der Waals surface area (Å²) in [6.07, 6.45) is 0.303. The van der Waals surface area contributed by atoms with E-state index in [0.29, 0.717) is 28.2 Å². The molecule has 3 heterocycles. The highest BCUT2D eigenvalue weighted by atomic mass is 19.1. The molecule has 0 saturated heterocycles. The highest BCUT2D eigenvalue weighted by Gasteiger charge is 2.32. The molecule has 1 aliphatic rings. The maximum absolute atomic E-state index is 13.8. The number of pyridine rings is 1. The Morgan fingerprint density at radius 3 is 2.63 bits per heavy atom. The number of carbonyl (C=O) groups excluding carboxylic acids is 2. The fraction of sp³-hybridized carbons (Fsp3) is 0.111. The maximum Gasteiger partial charge on any atom is 0.408 e. The zero-order chi connectivity index (χ0) is 26.8. The van der Waals surface area contributed by atoms with Crippen molar-refractivity contribution in [3.63, 3.8) is 0 Å². The summed E-state index contributed by atoms with van der Waals surface area (Å²) in [6.45, 7) is -0.247. The van der Waals surface area contributed by atoms with Crippen LogP contribution in [-0.2, 0) is 6.54 Å². The number of Topliss-reactive ketones (excluding diaryl/α,β-unsaturated/α-hetero) is 1. The Bertz CT molecular complexity index is 1550. The number of nitrogens with one attached hydrogen (secondary N) is 3. The summed E-state index contributed by atoms with van der Waals surface area (Å²) >= 11 is 0. The lowest BCUT2D eigenvalue weighted by molar-refractivity contribution is 0.0874. The summed E-state index contributed by atoms with van der Waals surface area (Å²) in [4.78, 5) is 45.8. The first-order chi connectivity index (χ1) is 18.3. The molecule has 0 bridgehead atoms. The van der Waals surface area contributed by atoms with E-state index < -0.39 is 17.8 Å². The summed E-state index contributed by atoms with van der Waals surface area (Å²) in [5, 5.41) is 15.4. The van der Waals surface area contributed by atoms with Gasteiger partial charge in [0, 0.05) is 28.7 Å². The van der Waals surface area contributed by atoms with Crippen LogP contribution in [0.1, 0.15) is 26.4 Å². The number of aromatic nitrogens is 2. The van der Waals surface area contributed by atoms with Crippen molar-refractivity contribution in [3.05, 3.63) is 89.5 Å². The minimum atomic E-state index is -1.19. The summed E-state index contributed by atoms with van der Waals surface area (Å²) in [6, 6.07) is 16.3. The van der Waals surface area contributed by atoms with Crippen molar-refractivity contribution in [2.75, 3.05) is 24.3 Å². The average molecular weight is 516 g/mol. The molecule has 2 aromatic heterocycles. The van der Waals surface area contributed by atoms with Crippen molar-refractivity contribution < 1.29 is 28.6 Å². The van der Waals surface area contributed by atoms with E-state index in [2.05, 4.69) is 20.6 Å². The number of benzene rings is 2. The van der Waals surface area contributed by atoms with Crippen molar-refractivity contribution in [3.8, 4) is 17.0 Å². The monoisotopic (exact) mass is 515 g/mol. The van der Waals surface area contributed by atoms with Gasteiger partial charge in [0.1, 0.15) is 5.82 Å². The highest BCUT2D eigenvalue weighted by Crippen LogP contribution is 2.38. The largest absolute Gasteiger partial charge is 0.494 e. The number of para-hydroxylation sites is 1. The SMILES string of the molecule is COc1cc(C(=O)Nc2cc(-c3[nH]c4c(c3Nc3ccccc3)C(=O)CN(C(=O)O)C4)ccn2)ccc1F. The van der Waals surface area contributed by atoms with Crippen molar-refractivity contribution in [2.24, 2.45) is 0 Å². The Kier molecular flexibility index (Phi) is 6.48. The number of hydrogen-bond acceptors (Lipinski definition) is 6. The van der Waals surface area contributed by atoms with Gasteiger partial charge in [0.25, 0.3) is 5.91 Å². The van der Waals surface area contributed by atoms with E-state index in [4.69, 9.17) is 4.74 Å². The van der Waals surface area contributed by atoms with Crippen molar-refractivity contribution in [2.45, 2.75) is 6.54 Å². The van der Waals surface area contributed by atoms with Crippen LogP contribution >= 0.6 is 0 Å². The number of rotatable bonds is 6. The molecule has 11 heteroatoms. The average Bonchev–Trinajstić information content (AvgIpc) is 3.28. The second-order valence-corrected chi connectivity index (χ2v) is 8.51. The molecule has 1 aliphatic heterocycles. The van der Waals surface area contributed by atoms with E-state index in [9.17, 15) is 23.9 Å². The molecule has 4 aromatic rings. The predicted octanol–water partition coefficient (Wildman–Crippen LogP) is 4.90. The third-order valence-corrected chi connectivity index (χ3v) is 6.06. The minimum absolute atomic E-state index is 0.0148. The molecule has 0 unspecified atom stereocenters. The van der Waals surface area contributed by atoms with Crippen LogP contribution in [0.25, 0.3) is 11.3 Å². The van der Waals surface area contributed by atoms with Crippen LogP contribution in [-0.4, -0.2) is 51.4 Å². The number of methoxy groups -OCH3 is 1. The van der Waals surface area contributed by atoms with Gasteiger partial charge in [0.15, 0.2) is 17.3 Å². The van der Waals surface area contributed by atoms with Gasteiger partial charge in [-0.1, -0.05) is 18.2 Å². The number of halogens is 1. The van der Waals surface area contributed by atoms with Gasteiger partial charge in [-0.3, -0.25) is 14.5 Å². The fourth-order valence-corrected chi connectivity index (χ4v) is 4.26. The number of fused-ring (bicyclic) bond motifs is 1. The quantitative estimate of drug-likeness (QED) is 0.287. The zero-order valence-corrected chi connectivity index (χ0v) is 20.1. The molecule has 0 radical (unpaired) electrons. The molecule has 0 atom stereocenters. The summed E-state index contributed by atoms with van der Waals surface area (Å²) in [5.74, 6) is -1.30. The normalized spacial score (nSPS) is 12.6. The van der Waals surface area contributed by atoms with Crippen molar-refractivity contribution in [1.82, 2.24) is 14.9 Å². The van der Waals surface area contributed by atoms with Gasteiger partial charge in [0.05, 0.1) is 37.1 Å². The van der Waals surface area contributed by atoms with E-state index in [0.717, 1.165) is 16.7 Å². The standard InChI is InChI=1S/C27H22FN5O5/c1-38-21-11-16(7-8-18(21)28)26(35)32-22-12-15(9-10-29-22)24-25(30-17-5-3-2-4-6-17)23-19(31-24)13-33(27(36)37)14-20(23)34/h2-12,30-31H,13-14H2,1H3,(H,36,37)(H,29,32,35). The lowest BCUT2D eigenvalue weighted by atomic mass is 10.0. The number of ether oxygens (including phenoxy) is 1. The zero-order valence-electron chi connectivity index (χ0n) is 20.1. The Hall–Kier alpha value is -5.19. The maximum atomic E-state index is 13.8. The third kappa shape index (κ3) is 4.76. The second-order valence-electron chi connectivity index (χ2n) is 8.51. The Morgan fingerprint density at radius 1 is 1.11 bits per heavy atom. The molecule has 192 valence electrons. The Morgan fingerprint density at radius 2 is 1.89 bits per heavy atom. The van der Waals surface area contributed by atoms with Crippen molar-refractivity contribution in [1.29, 1.82) is 0 Å². The van der Waals surface area contributed by atoms with Gasteiger partial charge < -0.3 is 25.5 Å². The van der Waals surface area contributed by atoms with Crippen LogP contribution in [0.15, 0.2) is 66.9 Å². The predicted molar refractivity (Wildman–Crippen MR) is 137 cm³/mol. The van der Waals surface area contributed by atoms with E-state index in [1.807, 2.05) is 30.3 Å². The molecule has 0 fully saturated rings. The number of aromatic amines is 1. The van der Waals surface area contributed by atoms with E-state index in [1.165, 1.54) is 25.4 Å². The molecule has 2 amide bonds. The number of ketones is 1. The number of anilines is 3. The first kappa shape index (κ1) is 24.5. The van der Waals surface area contributed by atoms with Crippen LogP contribution in [0.5, 0.6) is 5.75 Å². The van der Waals surface area contributed by atoms with Crippen LogP contribution < -0.4 is 15.4 Å². The van der Waals surface area contributed by atoms with Crippen LogP contribution in [0.2, 0.25) is 0 Å². The molecule has 5 rings (SSSR count). The smallest absolute Gasteiger partial charge is 0.408 e. The lowest BCUT2D eigenvalue weighted by Crippen LogP contribution is -2.38. The summed E-state index contributed by atoms with van der Waals surface area (Å²) in [5.41, 5.74) is 3.36. The van der Waals surface area contributed by atoms with Crippen LogP contribution in [0, 0.1) is 5.82 Å². The molecule has 4 N–H and O–H groups in total. The lowest BCUT2D eigenvalue weighted by Gasteiger charge is -2.23. The highest BCUT2D eigenvalue weighted by molar-refractivity contribution is 6.09. The topological polar surface area (TPSA) is 137 Å². The third-order valence-electron chi connectivity index (χ3n) is 6.06. The Labute approximate surface area is 216 Å². The Balaban J connectivity index is 1.52. The summed E-state index contributed by atoms with van der Waals surface area (Å²) in [7, 11) is 1.31. The molecule has 0 saturated carbocycles. The number of carbonyl (C=O) groups is 3. The number of amides is 2. The molecule has 2 aromatic carbocycles. The van der Waals surface area contributed by atoms with Gasteiger partial charge in [-0.15, -0.1) is 0 Å². The molecule has 10 nitrogen and oxygen atoms in total. The molecule has 0 spiro atoms. The van der Waals surface area contributed by atoms with Gasteiger partial charge in [-0.25, -0.2) is 14.2 Å². The number of H-pyrrole nitrogens is 1. The van der Waals surface area contributed by atoms with E-state index in [1.54, 1.807) is 12.1 Å². The molecular formula is C27H22FN5O5. The van der Waals surface area contributed by atoms with Gasteiger partial charge >= 0.3 is 6.09 Å². The van der Waals surface area contributed by atoms with E-state index >= 15 is 0 Å². The fourth-order valence-electron chi connectivity index (χ4n) is 4.26. The molecule has 0 aliphatic carbocycles. The van der Waals surface area contributed by atoms with Crippen molar-refractivity contribution >= 4 is 35.0 Å². The number of hydrogen-bond donors (Lipinski definition) is 4.